The first kappa shape index (κ1) is 37.9. The van der Waals surface area contributed by atoms with E-state index >= 15 is 0 Å². The maximum absolute atomic E-state index is 13.2. The van der Waals surface area contributed by atoms with Crippen LogP contribution in [0.4, 0.5) is 17.1 Å². The summed E-state index contributed by atoms with van der Waals surface area (Å²) in [5, 5.41) is 13.7. The molecule has 0 bridgehead atoms. The predicted octanol–water partition coefficient (Wildman–Crippen LogP) is 6.17. The number of piperidine rings is 2. The van der Waals surface area contributed by atoms with Crippen molar-refractivity contribution in [2.45, 2.75) is 57.0 Å². The fourth-order valence-electron chi connectivity index (χ4n) is 9.52. The summed E-state index contributed by atoms with van der Waals surface area (Å²) in [6.07, 6.45) is 7.74. The van der Waals surface area contributed by atoms with Crippen LogP contribution in [-0.4, -0.2) is 105 Å². The molecule has 1 aromatic heterocycles. The first-order chi connectivity index (χ1) is 27.3. The van der Waals surface area contributed by atoms with Gasteiger partial charge in [0.1, 0.15) is 18.4 Å². The first-order valence-electron chi connectivity index (χ1n) is 20.2. The second kappa shape index (κ2) is 16.6. The van der Waals surface area contributed by atoms with Crippen molar-refractivity contribution in [2.75, 3.05) is 80.7 Å². The maximum atomic E-state index is 13.2. The van der Waals surface area contributed by atoms with E-state index < -0.39 is 6.04 Å². The van der Waals surface area contributed by atoms with Gasteiger partial charge in [0.05, 0.1) is 16.1 Å². The van der Waals surface area contributed by atoms with Crippen molar-refractivity contribution >= 4 is 57.7 Å². The number of aromatic amines is 1. The van der Waals surface area contributed by atoms with Crippen LogP contribution in [0.2, 0.25) is 5.02 Å². The molecule has 5 heterocycles. The number of carbonyl (C=O) groups is 3. The molecule has 1 unspecified atom stereocenters. The van der Waals surface area contributed by atoms with Gasteiger partial charge < -0.3 is 34.7 Å². The van der Waals surface area contributed by atoms with Crippen molar-refractivity contribution in [2.24, 2.45) is 5.92 Å². The summed E-state index contributed by atoms with van der Waals surface area (Å²) >= 11 is 6.50. The number of likely N-dealkylation sites (N-methyl/N-ethyl adjacent to an activating group) is 1. The standard InChI is InChI=1S/C44H51ClN8O3/c1-47-43(55)40(5-3-23-54)53-29-32-24-36(10-11-38(32)44(53)56)51-21-19-49(20-22-51)27-30-14-17-50(18-15-30)34-6-8-35(9-7-34)52-16-2-4-31(28-52)37-12-13-39(45)41-33(25-46)26-48-42(37)41/h6-13,23-24,26,30-31,40,48H,2-5,14-22,27-29H2,1H3,(H,47,55)/t31-,40?/m0/s1. The summed E-state index contributed by atoms with van der Waals surface area (Å²) < 4.78 is 0. The zero-order valence-electron chi connectivity index (χ0n) is 32.2. The number of halogens is 1. The lowest BCUT2D eigenvalue weighted by atomic mass is 9.89. The summed E-state index contributed by atoms with van der Waals surface area (Å²) in [7, 11) is 1.56. The fraction of sp³-hybridized carbons (Fsp3) is 0.455. The van der Waals surface area contributed by atoms with Gasteiger partial charge in [-0.25, -0.2) is 0 Å². The Morgan fingerprint density at radius 1 is 0.946 bits per heavy atom. The van der Waals surface area contributed by atoms with E-state index in [0.717, 1.165) is 100 Å². The molecule has 2 amide bonds. The predicted molar refractivity (Wildman–Crippen MR) is 222 cm³/mol. The minimum Gasteiger partial charge on any atom is -0.372 e. The number of aldehydes is 1. The highest BCUT2D eigenvalue weighted by Gasteiger charge is 2.36. The zero-order valence-corrected chi connectivity index (χ0v) is 32.9. The molecule has 12 heteroatoms. The number of carbonyl (C=O) groups excluding carboxylic acids is 3. The molecule has 8 rings (SSSR count). The lowest BCUT2D eigenvalue weighted by Crippen LogP contribution is -2.49. The third kappa shape index (κ3) is 7.57. The van der Waals surface area contributed by atoms with E-state index in [0.29, 0.717) is 41.0 Å². The number of nitrogens with zero attached hydrogens (tertiary/aromatic N) is 6. The Hall–Kier alpha value is -5.05. The Balaban J connectivity index is 0.805. The van der Waals surface area contributed by atoms with Gasteiger partial charge in [0.25, 0.3) is 5.91 Å². The number of piperazine rings is 1. The van der Waals surface area contributed by atoms with Crippen molar-refractivity contribution < 1.29 is 14.4 Å². The van der Waals surface area contributed by atoms with Gasteiger partial charge >= 0.3 is 0 Å². The average molecular weight is 775 g/mol. The Labute approximate surface area is 334 Å². The van der Waals surface area contributed by atoms with E-state index in [9.17, 15) is 19.6 Å². The normalized spacial score (nSPS) is 19.9. The minimum absolute atomic E-state index is 0.142. The summed E-state index contributed by atoms with van der Waals surface area (Å²) in [5.74, 6) is 0.676. The molecule has 2 N–H and O–H groups in total. The molecule has 3 saturated heterocycles. The number of amides is 2. The Kier molecular flexibility index (Phi) is 11.2. The van der Waals surface area contributed by atoms with Gasteiger partial charge in [-0.15, -0.1) is 0 Å². The highest BCUT2D eigenvalue weighted by atomic mass is 35.5. The highest BCUT2D eigenvalue weighted by Crippen LogP contribution is 2.38. The van der Waals surface area contributed by atoms with E-state index in [1.165, 1.54) is 29.8 Å². The number of rotatable bonds is 11. The molecule has 0 saturated carbocycles. The Morgan fingerprint density at radius 2 is 1.66 bits per heavy atom. The van der Waals surface area contributed by atoms with Crippen LogP contribution in [-0.2, 0) is 16.1 Å². The van der Waals surface area contributed by atoms with Crippen LogP contribution in [0.15, 0.2) is 60.8 Å². The van der Waals surface area contributed by atoms with E-state index in [1.807, 2.05) is 18.2 Å². The van der Waals surface area contributed by atoms with Crippen molar-refractivity contribution in [3.63, 3.8) is 0 Å². The summed E-state index contributed by atoms with van der Waals surface area (Å²) in [4.78, 5) is 51.8. The van der Waals surface area contributed by atoms with E-state index in [-0.39, 0.29) is 18.2 Å². The van der Waals surface area contributed by atoms with Gasteiger partial charge in [-0.05, 0) is 97.7 Å². The quantitative estimate of drug-likeness (QED) is 0.174. The summed E-state index contributed by atoms with van der Waals surface area (Å²) in [6, 6.07) is 20.9. The molecule has 4 aliphatic heterocycles. The molecule has 292 valence electrons. The third-order valence-electron chi connectivity index (χ3n) is 12.7. The number of benzene rings is 3. The SMILES string of the molecule is CNC(=O)C(CCC=O)N1Cc2cc(N3CCN(CC4CCN(c5ccc(N6CCC[C@H](c7ccc(Cl)c8c(C#N)c[nH]c78)C6)cc5)CC4)CC3)ccc2C1=O. The minimum atomic E-state index is -0.649. The zero-order chi connectivity index (χ0) is 38.8. The van der Waals surface area contributed by atoms with Gasteiger partial charge in [0.15, 0.2) is 0 Å². The van der Waals surface area contributed by atoms with E-state index in [1.54, 1.807) is 18.1 Å². The number of anilines is 3. The third-order valence-corrected chi connectivity index (χ3v) is 13.0. The molecule has 11 nitrogen and oxygen atoms in total. The van der Waals surface area contributed by atoms with Crippen LogP contribution in [0.5, 0.6) is 0 Å². The highest BCUT2D eigenvalue weighted by molar-refractivity contribution is 6.36. The van der Waals surface area contributed by atoms with Gasteiger partial charge in [0, 0.05) is 119 Å². The first-order valence-corrected chi connectivity index (χ1v) is 20.6. The van der Waals surface area contributed by atoms with Gasteiger partial charge in [-0.3, -0.25) is 14.5 Å². The number of hydrogen-bond acceptors (Lipinski definition) is 8. The molecule has 3 aromatic carbocycles. The van der Waals surface area contributed by atoms with Crippen LogP contribution in [0.1, 0.15) is 71.5 Å². The second-order valence-corrected chi connectivity index (χ2v) is 16.3. The smallest absolute Gasteiger partial charge is 0.255 e. The average Bonchev–Trinajstić information content (AvgIpc) is 3.83. The van der Waals surface area contributed by atoms with Crippen molar-refractivity contribution in [3.05, 3.63) is 88.1 Å². The van der Waals surface area contributed by atoms with Crippen LogP contribution in [0.3, 0.4) is 0 Å². The number of fused-ring (bicyclic) bond motifs is 2. The van der Waals surface area contributed by atoms with Crippen molar-refractivity contribution in [1.82, 2.24) is 20.1 Å². The number of H-pyrrole nitrogens is 1. The number of hydrogen-bond donors (Lipinski definition) is 2. The molecule has 4 aromatic rings. The number of nitriles is 1. The molecule has 0 radical (unpaired) electrons. The van der Waals surface area contributed by atoms with Crippen molar-refractivity contribution in [1.29, 1.82) is 5.26 Å². The molecular formula is C44H51ClN8O3. The largest absolute Gasteiger partial charge is 0.372 e. The summed E-state index contributed by atoms with van der Waals surface area (Å²) in [5.41, 5.74) is 8.11. The second-order valence-electron chi connectivity index (χ2n) is 15.9. The van der Waals surface area contributed by atoms with Crippen LogP contribution in [0.25, 0.3) is 10.9 Å². The van der Waals surface area contributed by atoms with Crippen LogP contribution < -0.4 is 20.0 Å². The van der Waals surface area contributed by atoms with Gasteiger partial charge in [0.2, 0.25) is 5.91 Å². The monoisotopic (exact) mass is 774 g/mol. The fourth-order valence-corrected chi connectivity index (χ4v) is 9.78. The molecule has 56 heavy (non-hydrogen) atoms. The molecule has 3 fully saturated rings. The Morgan fingerprint density at radius 3 is 2.38 bits per heavy atom. The van der Waals surface area contributed by atoms with Crippen molar-refractivity contribution in [3.8, 4) is 6.07 Å². The van der Waals surface area contributed by atoms with Crippen LogP contribution in [0, 0.1) is 17.2 Å². The Bertz CT molecular complexity index is 2110. The van der Waals surface area contributed by atoms with Gasteiger partial charge in [-0.1, -0.05) is 17.7 Å². The number of nitrogens with one attached hydrogen (secondary N) is 2. The molecule has 0 spiro atoms. The lowest BCUT2D eigenvalue weighted by Gasteiger charge is -2.40. The van der Waals surface area contributed by atoms with E-state index in [4.69, 9.17) is 11.6 Å². The number of aromatic nitrogens is 1. The molecular weight excluding hydrogens is 724 g/mol. The maximum Gasteiger partial charge on any atom is 0.255 e. The van der Waals surface area contributed by atoms with Gasteiger partial charge in [-0.2, -0.15) is 5.26 Å². The molecule has 2 atom stereocenters. The van der Waals surface area contributed by atoms with E-state index in [2.05, 4.69) is 72.4 Å². The molecule has 4 aliphatic rings. The lowest BCUT2D eigenvalue weighted by molar-refractivity contribution is -0.125. The van der Waals surface area contributed by atoms with Crippen LogP contribution >= 0.6 is 11.6 Å². The molecule has 0 aliphatic carbocycles. The topological polar surface area (TPSA) is 119 Å². The summed E-state index contributed by atoms with van der Waals surface area (Å²) in [6.45, 7) is 9.55.